The zero-order valence-corrected chi connectivity index (χ0v) is 15.6. The number of amides is 1. The van der Waals surface area contributed by atoms with Crippen molar-refractivity contribution in [3.8, 4) is 11.3 Å². The molecule has 0 aliphatic rings. The molecule has 0 aliphatic carbocycles. The van der Waals surface area contributed by atoms with Gasteiger partial charge in [0.25, 0.3) is 5.91 Å². The minimum absolute atomic E-state index is 0.267. The Bertz CT molecular complexity index is 1110. The molecule has 27 heavy (non-hydrogen) atoms. The van der Waals surface area contributed by atoms with Gasteiger partial charge < -0.3 is 5.32 Å². The molecule has 0 aliphatic heterocycles. The van der Waals surface area contributed by atoms with Crippen molar-refractivity contribution in [3.05, 3.63) is 70.8 Å². The van der Waals surface area contributed by atoms with Gasteiger partial charge in [0.15, 0.2) is 5.65 Å². The fourth-order valence-electron chi connectivity index (χ4n) is 2.89. The first-order chi connectivity index (χ1) is 13.0. The molecule has 0 bridgehead atoms. The molecule has 3 heterocycles. The predicted octanol–water partition coefficient (Wildman–Crippen LogP) is 3.02. The van der Waals surface area contributed by atoms with Gasteiger partial charge in [-0.1, -0.05) is 41.4 Å². The molecule has 0 fully saturated rings. The largest absolute Gasteiger partial charge is 0.346 e. The number of fused-ring (bicyclic) bond motifs is 1. The summed E-state index contributed by atoms with van der Waals surface area (Å²) < 4.78 is 3.31. The lowest BCUT2D eigenvalue weighted by Gasteiger charge is -2.07. The zero-order valence-electron chi connectivity index (χ0n) is 14.8. The normalized spacial score (nSPS) is 11.1. The van der Waals surface area contributed by atoms with Crippen molar-refractivity contribution in [1.82, 2.24) is 29.7 Å². The van der Waals surface area contributed by atoms with Gasteiger partial charge in [0.2, 0.25) is 0 Å². The van der Waals surface area contributed by atoms with Crippen molar-refractivity contribution in [1.29, 1.82) is 0 Å². The lowest BCUT2D eigenvalue weighted by atomic mass is 10.1. The second kappa shape index (κ2) is 6.85. The fraction of sp³-hybridized carbons (Fsp3) is 0.158. The summed E-state index contributed by atoms with van der Waals surface area (Å²) in [6.07, 6.45) is 4.76. The lowest BCUT2D eigenvalue weighted by molar-refractivity contribution is 0.0951. The van der Waals surface area contributed by atoms with Crippen LogP contribution in [0, 0.1) is 6.92 Å². The second-order valence-corrected chi connectivity index (χ2v) is 6.64. The van der Waals surface area contributed by atoms with Gasteiger partial charge in [-0.2, -0.15) is 10.2 Å². The standard InChI is InChI=1S/C19H17ClN6O/c1-12-3-5-13(6-4-12)16-7-8-21-18-14(9-24-26(16)18)19(27)22-11-17-15(20)10-23-25(17)2/h3-10H,11H2,1-2H3,(H,22,27). The van der Waals surface area contributed by atoms with E-state index in [4.69, 9.17) is 11.6 Å². The molecule has 0 saturated heterocycles. The zero-order chi connectivity index (χ0) is 19.0. The Kier molecular flexibility index (Phi) is 4.37. The highest BCUT2D eigenvalue weighted by molar-refractivity contribution is 6.31. The number of nitrogens with one attached hydrogen (secondary N) is 1. The van der Waals surface area contributed by atoms with E-state index in [9.17, 15) is 4.79 Å². The van der Waals surface area contributed by atoms with Gasteiger partial charge in [0.1, 0.15) is 5.56 Å². The van der Waals surface area contributed by atoms with Crippen LogP contribution in [0.2, 0.25) is 5.02 Å². The third kappa shape index (κ3) is 3.17. The topological polar surface area (TPSA) is 77.1 Å². The first-order valence-electron chi connectivity index (χ1n) is 8.39. The van der Waals surface area contributed by atoms with Crippen molar-refractivity contribution in [2.45, 2.75) is 13.5 Å². The van der Waals surface area contributed by atoms with Gasteiger partial charge in [-0.15, -0.1) is 0 Å². The molecular formula is C19H17ClN6O. The van der Waals surface area contributed by atoms with Crippen molar-refractivity contribution in [2.24, 2.45) is 7.05 Å². The number of aryl methyl sites for hydroxylation is 2. The minimum Gasteiger partial charge on any atom is -0.346 e. The summed E-state index contributed by atoms with van der Waals surface area (Å²) in [5.41, 5.74) is 4.69. The average molecular weight is 381 g/mol. The molecule has 4 aromatic rings. The van der Waals surface area contributed by atoms with E-state index in [1.54, 1.807) is 28.6 Å². The SMILES string of the molecule is Cc1ccc(-c2ccnc3c(C(=O)NCc4c(Cl)cnn4C)cnn23)cc1. The van der Waals surface area contributed by atoms with Crippen LogP contribution in [0.1, 0.15) is 21.6 Å². The summed E-state index contributed by atoms with van der Waals surface area (Å²) in [6, 6.07) is 10.0. The van der Waals surface area contributed by atoms with Crippen LogP contribution in [0.4, 0.5) is 0 Å². The number of hydrogen-bond donors (Lipinski definition) is 1. The van der Waals surface area contributed by atoms with Crippen LogP contribution in [-0.2, 0) is 13.6 Å². The molecular weight excluding hydrogens is 364 g/mol. The number of aromatic nitrogens is 5. The van der Waals surface area contributed by atoms with Gasteiger partial charge in [-0.3, -0.25) is 9.48 Å². The summed E-state index contributed by atoms with van der Waals surface area (Å²) in [7, 11) is 1.78. The summed E-state index contributed by atoms with van der Waals surface area (Å²) in [5.74, 6) is -0.268. The third-order valence-electron chi connectivity index (χ3n) is 4.42. The number of benzene rings is 1. The maximum Gasteiger partial charge on any atom is 0.257 e. The number of hydrogen-bond acceptors (Lipinski definition) is 4. The van der Waals surface area contributed by atoms with Gasteiger partial charge in [0, 0.05) is 18.8 Å². The molecule has 1 N–H and O–H groups in total. The molecule has 0 saturated carbocycles. The smallest absolute Gasteiger partial charge is 0.257 e. The Morgan fingerprint density at radius 2 is 1.93 bits per heavy atom. The first-order valence-corrected chi connectivity index (χ1v) is 8.77. The quantitative estimate of drug-likeness (QED) is 0.590. The van der Waals surface area contributed by atoms with Crippen molar-refractivity contribution < 1.29 is 4.79 Å². The van der Waals surface area contributed by atoms with E-state index < -0.39 is 0 Å². The van der Waals surface area contributed by atoms with E-state index in [0.717, 1.165) is 17.0 Å². The number of carbonyl (C=O) groups is 1. The van der Waals surface area contributed by atoms with Crippen molar-refractivity contribution >= 4 is 23.2 Å². The van der Waals surface area contributed by atoms with E-state index in [1.165, 1.54) is 11.8 Å². The highest BCUT2D eigenvalue weighted by atomic mass is 35.5. The van der Waals surface area contributed by atoms with Gasteiger partial charge in [-0.25, -0.2) is 9.50 Å². The van der Waals surface area contributed by atoms with Crippen LogP contribution in [0.25, 0.3) is 16.9 Å². The van der Waals surface area contributed by atoms with E-state index in [1.807, 2.05) is 37.3 Å². The first kappa shape index (κ1) is 17.2. The molecule has 0 spiro atoms. The van der Waals surface area contributed by atoms with Crippen LogP contribution >= 0.6 is 11.6 Å². The lowest BCUT2D eigenvalue weighted by Crippen LogP contribution is -2.24. The summed E-state index contributed by atoms with van der Waals surface area (Å²) in [5, 5.41) is 11.8. The predicted molar refractivity (Wildman–Crippen MR) is 103 cm³/mol. The molecule has 0 radical (unpaired) electrons. The van der Waals surface area contributed by atoms with Crippen molar-refractivity contribution in [3.63, 3.8) is 0 Å². The Labute approximate surface area is 160 Å². The monoisotopic (exact) mass is 380 g/mol. The van der Waals surface area contributed by atoms with Crippen molar-refractivity contribution in [2.75, 3.05) is 0 Å². The maximum atomic E-state index is 12.7. The second-order valence-electron chi connectivity index (χ2n) is 6.24. The molecule has 136 valence electrons. The van der Waals surface area contributed by atoms with Crippen LogP contribution in [0.3, 0.4) is 0 Å². The molecule has 0 atom stereocenters. The van der Waals surface area contributed by atoms with E-state index in [0.29, 0.717) is 16.2 Å². The van der Waals surface area contributed by atoms with Gasteiger partial charge >= 0.3 is 0 Å². The third-order valence-corrected chi connectivity index (χ3v) is 4.74. The van der Waals surface area contributed by atoms with E-state index >= 15 is 0 Å². The molecule has 7 nitrogen and oxygen atoms in total. The van der Waals surface area contributed by atoms with Gasteiger partial charge in [0.05, 0.1) is 35.3 Å². The molecule has 3 aromatic heterocycles. The molecule has 1 aromatic carbocycles. The van der Waals surface area contributed by atoms with Crippen LogP contribution in [0.15, 0.2) is 48.9 Å². The fourth-order valence-corrected chi connectivity index (χ4v) is 3.12. The number of carbonyl (C=O) groups excluding carboxylic acids is 1. The van der Waals surface area contributed by atoms with Crippen LogP contribution < -0.4 is 5.32 Å². The summed E-state index contributed by atoms with van der Waals surface area (Å²) >= 11 is 6.08. The number of halogens is 1. The summed E-state index contributed by atoms with van der Waals surface area (Å²) in [6.45, 7) is 2.31. The molecule has 1 amide bonds. The maximum absolute atomic E-state index is 12.7. The Balaban J connectivity index is 1.64. The number of rotatable bonds is 4. The Hall–Kier alpha value is -3.19. The minimum atomic E-state index is -0.268. The highest BCUT2D eigenvalue weighted by Crippen LogP contribution is 2.21. The van der Waals surface area contributed by atoms with Crippen LogP contribution in [-0.4, -0.2) is 30.3 Å². The van der Waals surface area contributed by atoms with E-state index in [2.05, 4.69) is 20.5 Å². The summed E-state index contributed by atoms with van der Waals surface area (Å²) in [4.78, 5) is 17.0. The Morgan fingerprint density at radius 3 is 2.63 bits per heavy atom. The average Bonchev–Trinajstić information content (AvgIpc) is 3.24. The Morgan fingerprint density at radius 1 is 1.15 bits per heavy atom. The van der Waals surface area contributed by atoms with E-state index in [-0.39, 0.29) is 12.5 Å². The molecule has 8 heteroatoms. The highest BCUT2D eigenvalue weighted by Gasteiger charge is 2.17. The molecule has 0 unspecified atom stereocenters. The van der Waals surface area contributed by atoms with Crippen LogP contribution in [0.5, 0.6) is 0 Å². The molecule has 4 rings (SSSR count). The van der Waals surface area contributed by atoms with Gasteiger partial charge in [-0.05, 0) is 13.0 Å². The number of nitrogens with zero attached hydrogens (tertiary/aromatic N) is 5.